The number of nitrogens with one attached hydrogen (secondary N) is 1. The van der Waals surface area contributed by atoms with Crippen molar-refractivity contribution in [1.29, 1.82) is 0 Å². The molecule has 1 aromatic rings. The normalized spacial score (nSPS) is 18.1. The summed E-state index contributed by atoms with van der Waals surface area (Å²) in [4.78, 5) is 37.8. The van der Waals surface area contributed by atoms with Gasteiger partial charge in [-0.1, -0.05) is 0 Å². The summed E-state index contributed by atoms with van der Waals surface area (Å²) in [6, 6.07) is 4.46. The monoisotopic (exact) mass is 348 g/mol. The first-order chi connectivity index (χ1) is 12.1. The van der Waals surface area contributed by atoms with Gasteiger partial charge in [-0.15, -0.1) is 0 Å². The SMILES string of the molecule is COC(=O)CCNC(=O)[C@@H]1CCCN1C(=O)c1ccc2c(c1)OCO2. The lowest BCUT2D eigenvalue weighted by Gasteiger charge is -2.24. The molecule has 2 amide bonds. The number of carbonyl (C=O) groups excluding carboxylic acids is 3. The number of benzene rings is 1. The van der Waals surface area contributed by atoms with Gasteiger partial charge in [0.1, 0.15) is 6.04 Å². The van der Waals surface area contributed by atoms with Crippen LogP contribution in [0.1, 0.15) is 29.6 Å². The molecule has 8 heteroatoms. The lowest BCUT2D eigenvalue weighted by atomic mass is 10.1. The molecule has 0 radical (unpaired) electrons. The molecular formula is C17H20N2O6. The Morgan fingerprint density at radius 1 is 1.28 bits per heavy atom. The van der Waals surface area contributed by atoms with Gasteiger partial charge in [0.15, 0.2) is 11.5 Å². The summed E-state index contributed by atoms with van der Waals surface area (Å²) in [5.41, 5.74) is 0.457. The van der Waals surface area contributed by atoms with E-state index in [9.17, 15) is 14.4 Å². The number of rotatable bonds is 5. The van der Waals surface area contributed by atoms with Gasteiger partial charge in [0.2, 0.25) is 12.7 Å². The van der Waals surface area contributed by atoms with Crippen LogP contribution in [0.15, 0.2) is 18.2 Å². The third-order valence-corrected chi connectivity index (χ3v) is 4.29. The van der Waals surface area contributed by atoms with Crippen molar-refractivity contribution >= 4 is 17.8 Å². The Kier molecular flexibility index (Phi) is 5.06. The maximum Gasteiger partial charge on any atom is 0.307 e. The second-order valence-electron chi connectivity index (χ2n) is 5.84. The molecule has 2 heterocycles. The molecule has 2 aliphatic rings. The maximum absolute atomic E-state index is 12.8. The molecule has 25 heavy (non-hydrogen) atoms. The van der Waals surface area contributed by atoms with Gasteiger partial charge in [-0.3, -0.25) is 14.4 Å². The fourth-order valence-corrected chi connectivity index (χ4v) is 2.99. The van der Waals surface area contributed by atoms with Crippen LogP contribution in [-0.4, -0.2) is 55.7 Å². The lowest BCUT2D eigenvalue weighted by Crippen LogP contribution is -2.46. The van der Waals surface area contributed by atoms with Gasteiger partial charge in [0, 0.05) is 18.7 Å². The van der Waals surface area contributed by atoms with Gasteiger partial charge < -0.3 is 24.4 Å². The summed E-state index contributed by atoms with van der Waals surface area (Å²) in [7, 11) is 1.30. The van der Waals surface area contributed by atoms with E-state index >= 15 is 0 Å². The highest BCUT2D eigenvalue weighted by Gasteiger charge is 2.34. The zero-order valence-corrected chi connectivity index (χ0v) is 13.9. The first-order valence-corrected chi connectivity index (χ1v) is 8.15. The van der Waals surface area contributed by atoms with Crippen molar-refractivity contribution in [3.63, 3.8) is 0 Å². The van der Waals surface area contributed by atoms with Gasteiger partial charge in [0.25, 0.3) is 5.91 Å². The summed E-state index contributed by atoms with van der Waals surface area (Å²) in [6.07, 6.45) is 1.46. The summed E-state index contributed by atoms with van der Waals surface area (Å²) in [6.45, 7) is 0.846. The fourth-order valence-electron chi connectivity index (χ4n) is 2.99. The van der Waals surface area contributed by atoms with Crippen LogP contribution in [0.25, 0.3) is 0 Å². The van der Waals surface area contributed by atoms with E-state index in [0.29, 0.717) is 30.0 Å². The molecule has 0 bridgehead atoms. The molecule has 3 rings (SSSR count). The molecule has 0 spiro atoms. The number of esters is 1. The van der Waals surface area contributed by atoms with E-state index in [1.807, 2.05) is 0 Å². The highest BCUT2D eigenvalue weighted by molar-refractivity contribution is 5.98. The predicted molar refractivity (Wildman–Crippen MR) is 86.3 cm³/mol. The molecule has 1 saturated heterocycles. The molecule has 1 atom stereocenters. The van der Waals surface area contributed by atoms with E-state index in [0.717, 1.165) is 6.42 Å². The second-order valence-corrected chi connectivity index (χ2v) is 5.84. The van der Waals surface area contributed by atoms with Crippen LogP contribution in [0.2, 0.25) is 0 Å². The van der Waals surface area contributed by atoms with Crippen molar-refractivity contribution in [3.8, 4) is 11.5 Å². The Bertz CT molecular complexity index is 690. The van der Waals surface area contributed by atoms with Gasteiger partial charge in [-0.25, -0.2) is 0 Å². The van der Waals surface area contributed by atoms with E-state index in [-0.39, 0.29) is 37.5 Å². The number of methoxy groups -OCH3 is 1. The van der Waals surface area contributed by atoms with Crippen molar-refractivity contribution in [2.45, 2.75) is 25.3 Å². The van der Waals surface area contributed by atoms with Crippen LogP contribution >= 0.6 is 0 Å². The molecule has 134 valence electrons. The van der Waals surface area contributed by atoms with E-state index in [1.54, 1.807) is 23.1 Å². The minimum absolute atomic E-state index is 0.102. The number of fused-ring (bicyclic) bond motifs is 1. The average Bonchev–Trinajstić information content (AvgIpc) is 3.29. The van der Waals surface area contributed by atoms with Crippen LogP contribution in [-0.2, 0) is 14.3 Å². The molecule has 2 aliphatic heterocycles. The molecule has 1 N–H and O–H groups in total. The van der Waals surface area contributed by atoms with Gasteiger partial charge in [-0.2, -0.15) is 0 Å². The molecule has 1 fully saturated rings. The van der Waals surface area contributed by atoms with Crippen molar-refractivity contribution in [2.75, 3.05) is 27.0 Å². The number of hydrogen-bond donors (Lipinski definition) is 1. The minimum atomic E-state index is -0.532. The number of nitrogens with zero attached hydrogens (tertiary/aromatic N) is 1. The Hall–Kier alpha value is -2.77. The van der Waals surface area contributed by atoms with Crippen molar-refractivity contribution in [2.24, 2.45) is 0 Å². The van der Waals surface area contributed by atoms with Crippen LogP contribution in [0.5, 0.6) is 11.5 Å². The fraction of sp³-hybridized carbons (Fsp3) is 0.471. The van der Waals surface area contributed by atoms with Crippen LogP contribution in [0.3, 0.4) is 0 Å². The van der Waals surface area contributed by atoms with Gasteiger partial charge in [0.05, 0.1) is 13.5 Å². The zero-order valence-electron chi connectivity index (χ0n) is 13.9. The Balaban J connectivity index is 1.63. The first kappa shape index (κ1) is 17.1. The quantitative estimate of drug-likeness (QED) is 0.787. The molecule has 0 aromatic heterocycles. The largest absolute Gasteiger partial charge is 0.469 e. The highest BCUT2D eigenvalue weighted by atomic mass is 16.7. The number of likely N-dealkylation sites (tertiary alicyclic amines) is 1. The highest BCUT2D eigenvalue weighted by Crippen LogP contribution is 2.33. The summed E-state index contributed by atoms with van der Waals surface area (Å²) >= 11 is 0. The number of amides is 2. The third kappa shape index (κ3) is 3.67. The summed E-state index contributed by atoms with van der Waals surface area (Å²) in [5.74, 6) is 0.277. The Labute approximate surface area is 145 Å². The molecule has 0 saturated carbocycles. The van der Waals surface area contributed by atoms with Crippen molar-refractivity contribution < 1.29 is 28.6 Å². The predicted octanol–water partition coefficient (Wildman–Crippen LogP) is 0.699. The van der Waals surface area contributed by atoms with Crippen molar-refractivity contribution in [3.05, 3.63) is 23.8 Å². The standard InChI is InChI=1S/C17H20N2O6/c1-23-15(20)6-7-18-16(21)12-3-2-8-19(12)17(22)11-4-5-13-14(9-11)25-10-24-13/h4-5,9,12H,2-3,6-8,10H2,1H3,(H,18,21)/t12-/m0/s1. The van der Waals surface area contributed by atoms with Crippen LogP contribution in [0, 0.1) is 0 Å². The van der Waals surface area contributed by atoms with E-state index < -0.39 is 6.04 Å². The lowest BCUT2D eigenvalue weighted by molar-refractivity contribution is -0.140. The van der Waals surface area contributed by atoms with Gasteiger partial charge >= 0.3 is 5.97 Å². The molecular weight excluding hydrogens is 328 g/mol. The Morgan fingerprint density at radius 3 is 2.88 bits per heavy atom. The zero-order chi connectivity index (χ0) is 17.8. The van der Waals surface area contributed by atoms with Gasteiger partial charge in [-0.05, 0) is 31.0 Å². The Morgan fingerprint density at radius 2 is 2.08 bits per heavy atom. The topological polar surface area (TPSA) is 94.2 Å². The molecule has 1 aromatic carbocycles. The maximum atomic E-state index is 12.8. The summed E-state index contributed by atoms with van der Waals surface area (Å²) in [5, 5.41) is 2.69. The molecule has 0 unspecified atom stereocenters. The number of ether oxygens (including phenoxy) is 3. The van der Waals surface area contributed by atoms with Crippen LogP contribution in [0.4, 0.5) is 0 Å². The molecule has 0 aliphatic carbocycles. The van der Waals surface area contributed by atoms with E-state index in [2.05, 4.69) is 10.1 Å². The van der Waals surface area contributed by atoms with E-state index in [4.69, 9.17) is 9.47 Å². The molecule has 8 nitrogen and oxygen atoms in total. The van der Waals surface area contributed by atoms with E-state index in [1.165, 1.54) is 7.11 Å². The number of hydrogen-bond acceptors (Lipinski definition) is 6. The third-order valence-electron chi connectivity index (χ3n) is 4.29. The smallest absolute Gasteiger partial charge is 0.307 e. The first-order valence-electron chi connectivity index (χ1n) is 8.15. The van der Waals surface area contributed by atoms with Crippen LogP contribution < -0.4 is 14.8 Å². The number of carbonyl (C=O) groups is 3. The second kappa shape index (κ2) is 7.42. The van der Waals surface area contributed by atoms with Crippen molar-refractivity contribution in [1.82, 2.24) is 10.2 Å². The summed E-state index contributed by atoms with van der Waals surface area (Å²) < 4.78 is 15.1. The average molecular weight is 348 g/mol. The minimum Gasteiger partial charge on any atom is -0.469 e.